The third-order valence-corrected chi connectivity index (χ3v) is 3.09. The molecule has 0 amide bonds. The smallest absolute Gasteiger partial charge is 0.293 e. The number of benzene rings is 2. The minimum atomic E-state index is -0.309. The molecule has 0 radical (unpaired) electrons. The van der Waals surface area contributed by atoms with E-state index in [0.717, 1.165) is 15.9 Å². The maximum atomic E-state index is 12.1. The molecule has 1 heterocycles. The average molecular weight is 263 g/mol. The van der Waals surface area contributed by atoms with E-state index in [2.05, 4.69) is 5.10 Å². The van der Waals surface area contributed by atoms with Crippen LogP contribution in [-0.2, 0) is 0 Å². The summed E-state index contributed by atoms with van der Waals surface area (Å²) >= 11 is 0. The van der Waals surface area contributed by atoms with Crippen LogP contribution in [0.5, 0.6) is 0 Å². The Morgan fingerprint density at radius 2 is 1.40 bits per heavy atom. The zero-order chi connectivity index (χ0) is 13.9. The van der Waals surface area contributed by atoms with Crippen LogP contribution in [-0.4, -0.2) is 9.89 Å². The Kier molecular flexibility index (Phi) is 3.05. The zero-order valence-corrected chi connectivity index (χ0v) is 10.7. The molecule has 0 unspecified atom stereocenters. The fraction of sp³-hybridized carbons (Fsp3) is 0. The standard InChI is InChI=1S/C16H13N3O/c17-19-16(20)14(12-7-3-1-4-8-12)11-15(18-19)13-9-5-2-6-10-13/h1-11H,17H2. The first-order chi connectivity index (χ1) is 9.75. The molecule has 20 heavy (non-hydrogen) atoms. The van der Waals surface area contributed by atoms with Gasteiger partial charge < -0.3 is 5.84 Å². The lowest BCUT2D eigenvalue weighted by molar-refractivity contribution is 0.771. The summed E-state index contributed by atoms with van der Waals surface area (Å²) in [5, 5.41) is 4.11. The highest BCUT2D eigenvalue weighted by Crippen LogP contribution is 2.21. The van der Waals surface area contributed by atoms with E-state index >= 15 is 0 Å². The van der Waals surface area contributed by atoms with Gasteiger partial charge in [-0.05, 0) is 11.6 Å². The van der Waals surface area contributed by atoms with Gasteiger partial charge in [-0.3, -0.25) is 4.79 Å². The van der Waals surface area contributed by atoms with Gasteiger partial charge in [-0.15, -0.1) is 9.89 Å². The van der Waals surface area contributed by atoms with Crippen molar-refractivity contribution in [3.8, 4) is 22.4 Å². The molecule has 0 aliphatic rings. The van der Waals surface area contributed by atoms with Gasteiger partial charge in [0.1, 0.15) is 0 Å². The van der Waals surface area contributed by atoms with E-state index in [0.29, 0.717) is 11.3 Å². The van der Waals surface area contributed by atoms with Crippen molar-refractivity contribution >= 4 is 0 Å². The molecule has 0 saturated carbocycles. The summed E-state index contributed by atoms with van der Waals surface area (Å²) in [7, 11) is 0. The molecule has 0 atom stereocenters. The third kappa shape index (κ3) is 2.19. The lowest BCUT2D eigenvalue weighted by Gasteiger charge is -2.07. The normalized spacial score (nSPS) is 10.4. The summed E-state index contributed by atoms with van der Waals surface area (Å²) in [6.07, 6.45) is 0. The molecule has 4 heteroatoms. The Bertz CT molecular complexity index is 780. The van der Waals surface area contributed by atoms with E-state index in [-0.39, 0.29) is 5.56 Å². The van der Waals surface area contributed by atoms with Crippen molar-refractivity contribution in [2.75, 3.05) is 5.84 Å². The molecule has 0 spiro atoms. The van der Waals surface area contributed by atoms with Crippen LogP contribution in [0.25, 0.3) is 22.4 Å². The zero-order valence-electron chi connectivity index (χ0n) is 10.7. The first kappa shape index (κ1) is 12.2. The van der Waals surface area contributed by atoms with Crippen LogP contribution in [0.3, 0.4) is 0 Å². The van der Waals surface area contributed by atoms with Crippen molar-refractivity contribution in [2.24, 2.45) is 0 Å². The lowest BCUT2D eigenvalue weighted by Crippen LogP contribution is -2.31. The monoisotopic (exact) mass is 263 g/mol. The fourth-order valence-electron chi connectivity index (χ4n) is 2.09. The Balaban J connectivity index is 2.22. The van der Waals surface area contributed by atoms with E-state index in [4.69, 9.17) is 5.84 Å². The Morgan fingerprint density at radius 1 is 0.850 bits per heavy atom. The van der Waals surface area contributed by atoms with Gasteiger partial charge in [-0.2, -0.15) is 0 Å². The van der Waals surface area contributed by atoms with Crippen molar-refractivity contribution in [3.05, 3.63) is 77.1 Å². The predicted octanol–water partition coefficient (Wildman–Crippen LogP) is 2.29. The largest absolute Gasteiger partial charge is 0.320 e. The quantitative estimate of drug-likeness (QED) is 0.722. The maximum Gasteiger partial charge on any atom is 0.293 e. The van der Waals surface area contributed by atoms with Gasteiger partial charge >= 0.3 is 0 Å². The summed E-state index contributed by atoms with van der Waals surface area (Å²) in [4.78, 5) is 13.0. The Morgan fingerprint density at radius 3 is 2.00 bits per heavy atom. The highest BCUT2D eigenvalue weighted by molar-refractivity contribution is 5.69. The van der Waals surface area contributed by atoms with Crippen LogP contribution in [0.4, 0.5) is 0 Å². The van der Waals surface area contributed by atoms with Crippen molar-refractivity contribution < 1.29 is 0 Å². The van der Waals surface area contributed by atoms with Crippen LogP contribution in [0.15, 0.2) is 71.5 Å². The van der Waals surface area contributed by atoms with Gasteiger partial charge in [-0.1, -0.05) is 60.7 Å². The first-order valence-corrected chi connectivity index (χ1v) is 6.26. The average Bonchev–Trinajstić information content (AvgIpc) is 2.51. The van der Waals surface area contributed by atoms with Gasteiger partial charge in [0.15, 0.2) is 0 Å². The van der Waals surface area contributed by atoms with E-state index in [1.807, 2.05) is 60.7 Å². The number of rotatable bonds is 2. The Hall–Kier alpha value is -2.88. The topological polar surface area (TPSA) is 60.9 Å². The molecule has 0 bridgehead atoms. The molecule has 98 valence electrons. The lowest BCUT2D eigenvalue weighted by atomic mass is 10.0. The summed E-state index contributed by atoms with van der Waals surface area (Å²) < 4.78 is 0. The first-order valence-electron chi connectivity index (χ1n) is 6.26. The number of nitrogen functional groups attached to an aromatic ring is 1. The van der Waals surface area contributed by atoms with Crippen LogP contribution < -0.4 is 11.4 Å². The molecule has 1 aromatic heterocycles. The molecule has 2 aromatic carbocycles. The van der Waals surface area contributed by atoms with Crippen molar-refractivity contribution in [1.29, 1.82) is 0 Å². The number of nitrogens with zero attached hydrogens (tertiary/aromatic N) is 2. The minimum absolute atomic E-state index is 0.309. The van der Waals surface area contributed by atoms with Crippen molar-refractivity contribution in [3.63, 3.8) is 0 Å². The second kappa shape index (κ2) is 5.01. The van der Waals surface area contributed by atoms with E-state index in [1.54, 1.807) is 6.07 Å². The highest BCUT2D eigenvalue weighted by atomic mass is 16.1. The van der Waals surface area contributed by atoms with Gasteiger partial charge in [0.2, 0.25) is 0 Å². The van der Waals surface area contributed by atoms with Crippen LogP contribution in [0.2, 0.25) is 0 Å². The molecule has 3 rings (SSSR count). The second-order valence-corrected chi connectivity index (χ2v) is 4.43. The summed E-state index contributed by atoms with van der Waals surface area (Å²) in [6.45, 7) is 0. The molecule has 3 aromatic rings. The van der Waals surface area contributed by atoms with Crippen LogP contribution >= 0.6 is 0 Å². The summed E-state index contributed by atoms with van der Waals surface area (Å²) in [6, 6.07) is 20.9. The summed E-state index contributed by atoms with van der Waals surface area (Å²) in [5.74, 6) is 5.69. The van der Waals surface area contributed by atoms with Gasteiger partial charge in [0.05, 0.1) is 11.3 Å². The van der Waals surface area contributed by atoms with Gasteiger partial charge in [0.25, 0.3) is 5.56 Å². The number of aromatic nitrogens is 2. The summed E-state index contributed by atoms with van der Waals surface area (Å²) in [5.41, 5.74) is 2.66. The van der Waals surface area contributed by atoms with E-state index in [9.17, 15) is 4.79 Å². The van der Waals surface area contributed by atoms with E-state index in [1.165, 1.54) is 0 Å². The molecule has 4 nitrogen and oxygen atoms in total. The van der Waals surface area contributed by atoms with Gasteiger partial charge in [-0.25, -0.2) is 0 Å². The maximum absolute atomic E-state index is 12.1. The van der Waals surface area contributed by atoms with E-state index < -0.39 is 0 Å². The molecular formula is C16H13N3O. The van der Waals surface area contributed by atoms with Crippen molar-refractivity contribution in [1.82, 2.24) is 9.89 Å². The number of hydrogen-bond donors (Lipinski definition) is 1. The molecule has 0 fully saturated rings. The van der Waals surface area contributed by atoms with Gasteiger partial charge in [0, 0.05) is 5.56 Å². The van der Waals surface area contributed by atoms with Crippen LogP contribution in [0.1, 0.15) is 0 Å². The molecule has 2 N–H and O–H groups in total. The number of nitrogens with two attached hydrogens (primary N) is 1. The molecule has 0 aliphatic heterocycles. The highest BCUT2D eigenvalue weighted by Gasteiger charge is 2.09. The minimum Gasteiger partial charge on any atom is -0.320 e. The molecule has 0 aliphatic carbocycles. The SMILES string of the molecule is Nn1nc(-c2ccccc2)cc(-c2ccccc2)c1=O. The van der Waals surface area contributed by atoms with Crippen LogP contribution in [0, 0.1) is 0 Å². The molecular weight excluding hydrogens is 250 g/mol. The molecule has 0 saturated heterocycles. The van der Waals surface area contributed by atoms with Crippen molar-refractivity contribution in [2.45, 2.75) is 0 Å². The fourth-order valence-corrected chi connectivity index (χ4v) is 2.09. The third-order valence-electron chi connectivity index (χ3n) is 3.09. The predicted molar refractivity (Wildman–Crippen MR) is 79.5 cm³/mol. The number of hydrogen-bond acceptors (Lipinski definition) is 3. The second-order valence-electron chi connectivity index (χ2n) is 4.43. The Labute approximate surface area is 116 Å².